The predicted molar refractivity (Wildman–Crippen MR) is 114 cm³/mol. The number of hydrogen-bond donors (Lipinski definition) is 1. The number of halogens is 3. The third-order valence-electron chi connectivity index (χ3n) is 4.49. The van der Waals surface area contributed by atoms with Crippen molar-refractivity contribution in [2.75, 3.05) is 26.2 Å². The van der Waals surface area contributed by atoms with E-state index in [9.17, 15) is 4.39 Å². The lowest BCUT2D eigenvalue weighted by molar-refractivity contribution is 0.293. The first-order chi connectivity index (χ1) is 13.0. The van der Waals surface area contributed by atoms with Gasteiger partial charge in [0.25, 0.3) is 0 Å². The van der Waals surface area contributed by atoms with E-state index in [1.165, 1.54) is 6.07 Å². The molecule has 27 heavy (non-hydrogen) atoms. The molecule has 0 amide bonds. The molecule has 148 valence electrons. The topological polar surface area (TPSA) is 24.5 Å². The molecular weight excluding hydrogens is 431 g/mol. The average Bonchev–Trinajstić information content (AvgIpc) is 2.65. The summed E-state index contributed by atoms with van der Waals surface area (Å²) in [6.45, 7) is 9.35. The quantitative estimate of drug-likeness (QED) is 0.442. The van der Waals surface area contributed by atoms with Crippen LogP contribution < -0.4 is 10.1 Å². The Morgan fingerprint density at radius 3 is 2.67 bits per heavy atom. The predicted octanol–water partition coefficient (Wildman–Crippen LogP) is 5.64. The zero-order chi connectivity index (χ0) is 19.6. The van der Waals surface area contributed by atoms with Crippen LogP contribution in [0.25, 0.3) is 0 Å². The Labute approximate surface area is 175 Å². The molecule has 0 bridgehead atoms. The second-order valence-corrected chi connectivity index (χ2v) is 7.62. The molecule has 0 aliphatic rings. The summed E-state index contributed by atoms with van der Waals surface area (Å²) in [5, 5.41) is 3.84. The van der Waals surface area contributed by atoms with Crippen LogP contribution in [0.1, 0.15) is 31.4 Å². The van der Waals surface area contributed by atoms with Gasteiger partial charge in [0.2, 0.25) is 0 Å². The van der Waals surface area contributed by atoms with E-state index in [-0.39, 0.29) is 12.4 Å². The van der Waals surface area contributed by atoms with E-state index in [0.717, 1.165) is 48.4 Å². The van der Waals surface area contributed by atoms with Crippen molar-refractivity contribution in [3.8, 4) is 5.75 Å². The molecule has 2 aromatic rings. The molecule has 0 atom stereocenters. The molecular formula is C21H27BrClFN2O. The van der Waals surface area contributed by atoms with Crippen molar-refractivity contribution in [3.05, 3.63) is 62.8 Å². The Morgan fingerprint density at radius 2 is 1.96 bits per heavy atom. The van der Waals surface area contributed by atoms with Crippen molar-refractivity contribution in [2.45, 2.75) is 33.4 Å². The SMILES string of the molecule is CCN(CC)CCCNCc1cc(Br)ccc1OCc1c(F)cccc1Cl. The van der Waals surface area contributed by atoms with Crippen LogP contribution in [-0.2, 0) is 13.2 Å². The van der Waals surface area contributed by atoms with E-state index >= 15 is 0 Å². The fourth-order valence-corrected chi connectivity index (χ4v) is 3.46. The highest BCUT2D eigenvalue weighted by molar-refractivity contribution is 9.10. The number of ether oxygens (including phenoxy) is 1. The lowest BCUT2D eigenvalue weighted by atomic mass is 10.2. The molecule has 0 heterocycles. The highest BCUT2D eigenvalue weighted by atomic mass is 79.9. The van der Waals surface area contributed by atoms with Crippen molar-refractivity contribution in [2.24, 2.45) is 0 Å². The monoisotopic (exact) mass is 456 g/mol. The molecule has 0 aliphatic heterocycles. The van der Waals surface area contributed by atoms with Gasteiger partial charge in [-0.15, -0.1) is 0 Å². The molecule has 0 aliphatic carbocycles. The molecule has 2 rings (SSSR count). The Bertz CT molecular complexity index is 705. The molecule has 0 saturated heterocycles. The van der Waals surface area contributed by atoms with Crippen LogP contribution >= 0.6 is 27.5 Å². The van der Waals surface area contributed by atoms with Gasteiger partial charge in [-0.2, -0.15) is 0 Å². The fourth-order valence-electron chi connectivity index (χ4n) is 2.84. The van der Waals surface area contributed by atoms with Crippen molar-refractivity contribution in [1.29, 1.82) is 0 Å². The average molecular weight is 458 g/mol. The third-order valence-corrected chi connectivity index (χ3v) is 5.34. The van der Waals surface area contributed by atoms with Gasteiger partial charge in [0.1, 0.15) is 18.2 Å². The minimum atomic E-state index is -0.351. The zero-order valence-electron chi connectivity index (χ0n) is 15.9. The van der Waals surface area contributed by atoms with Crippen LogP contribution in [0.2, 0.25) is 5.02 Å². The maximum Gasteiger partial charge on any atom is 0.131 e. The summed E-state index contributed by atoms with van der Waals surface area (Å²) >= 11 is 9.59. The van der Waals surface area contributed by atoms with Gasteiger partial charge >= 0.3 is 0 Å². The molecule has 0 radical (unpaired) electrons. The number of nitrogens with one attached hydrogen (secondary N) is 1. The van der Waals surface area contributed by atoms with Crippen LogP contribution in [0, 0.1) is 5.82 Å². The second kappa shape index (κ2) is 11.6. The number of nitrogens with zero attached hydrogens (tertiary/aromatic N) is 1. The van der Waals surface area contributed by atoms with Gasteiger partial charge in [-0.3, -0.25) is 0 Å². The van der Waals surface area contributed by atoms with E-state index in [1.54, 1.807) is 12.1 Å². The Hall–Kier alpha value is -1.14. The van der Waals surface area contributed by atoms with E-state index in [0.29, 0.717) is 17.1 Å². The van der Waals surface area contributed by atoms with E-state index in [4.69, 9.17) is 16.3 Å². The first-order valence-electron chi connectivity index (χ1n) is 9.32. The second-order valence-electron chi connectivity index (χ2n) is 6.30. The Kier molecular flexibility index (Phi) is 9.56. The Morgan fingerprint density at radius 1 is 1.19 bits per heavy atom. The van der Waals surface area contributed by atoms with Crippen LogP contribution in [0.3, 0.4) is 0 Å². The van der Waals surface area contributed by atoms with Gasteiger partial charge in [-0.1, -0.05) is 47.4 Å². The molecule has 0 unspecified atom stereocenters. The summed E-state index contributed by atoms with van der Waals surface area (Å²) in [6, 6.07) is 10.5. The summed E-state index contributed by atoms with van der Waals surface area (Å²) in [7, 11) is 0. The van der Waals surface area contributed by atoms with E-state index in [1.807, 2.05) is 18.2 Å². The molecule has 3 nitrogen and oxygen atoms in total. The summed E-state index contributed by atoms with van der Waals surface area (Å²) in [6.07, 6.45) is 1.09. The van der Waals surface area contributed by atoms with Crippen molar-refractivity contribution in [1.82, 2.24) is 10.2 Å². The molecule has 0 fully saturated rings. The Balaban J connectivity index is 1.92. The van der Waals surface area contributed by atoms with Gasteiger partial charge < -0.3 is 15.0 Å². The molecule has 0 spiro atoms. The normalized spacial score (nSPS) is 11.2. The van der Waals surface area contributed by atoms with Crippen molar-refractivity contribution >= 4 is 27.5 Å². The van der Waals surface area contributed by atoms with Gasteiger partial charge in [-0.25, -0.2) is 4.39 Å². The standard InChI is InChI=1S/C21H27BrClFN2O/c1-3-26(4-2)12-6-11-25-14-16-13-17(22)9-10-21(16)27-15-18-19(23)7-5-8-20(18)24/h5,7-10,13,25H,3-4,6,11-12,14-15H2,1-2H3. The highest BCUT2D eigenvalue weighted by Crippen LogP contribution is 2.26. The van der Waals surface area contributed by atoms with Gasteiger partial charge in [0, 0.05) is 22.1 Å². The van der Waals surface area contributed by atoms with Crippen LogP contribution in [0.4, 0.5) is 4.39 Å². The molecule has 0 aromatic heterocycles. The minimum Gasteiger partial charge on any atom is -0.488 e. The first-order valence-corrected chi connectivity index (χ1v) is 10.5. The largest absolute Gasteiger partial charge is 0.488 e. The van der Waals surface area contributed by atoms with Gasteiger partial charge in [-0.05, 0) is 62.9 Å². The highest BCUT2D eigenvalue weighted by Gasteiger charge is 2.10. The molecule has 0 saturated carbocycles. The maximum atomic E-state index is 13.9. The zero-order valence-corrected chi connectivity index (χ0v) is 18.2. The van der Waals surface area contributed by atoms with E-state index in [2.05, 4.69) is 40.0 Å². The van der Waals surface area contributed by atoms with Crippen molar-refractivity contribution < 1.29 is 9.13 Å². The summed E-state index contributed by atoms with van der Waals surface area (Å²) in [5.74, 6) is 0.379. The van der Waals surface area contributed by atoms with Crippen LogP contribution in [0.5, 0.6) is 5.75 Å². The number of hydrogen-bond acceptors (Lipinski definition) is 3. The number of rotatable bonds is 11. The van der Waals surface area contributed by atoms with Gasteiger partial charge in [0.05, 0.1) is 5.02 Å². The van der Waals surface area contributed by atoms with Crippen LogP contribution in [0.15, 0.2) is 40.9 Å². The number of benzene rings is 2. The fraction of sp³-hybridized carbons (Fsp3) is 0.429. The van der Waals surface area contributed by atoms with Crippen molar-refractivity contribution in [3.63, 3.8) is 0 Å². The summed E-state index contributed by atoms with van der Waals surface area (Å²) in [5.41, 5.74) is 1.40. The lowest BCUT2D eigenvalue weighted by Crippen LogP contribution is -2.27. The minimum absolute atomic E-state index is 0.0993. The molecule has 2 aromatic carbocycles. The van der Waals surface area contributed by atoms with Gasteiger partial charge in [0.15, 0.2) is 0 Å². The third kappa shape index (κ3) is 7.07. The first kappa shape index (κ1) is 22.2. The smallest absolute Gasteiger partial charge is 0.131 e. The maximum absolute atomic E-state index is 13.9. The lowest BCUT2D eigenvalue weighted by Gasteiger charge is -2.18. The molecule has 6 heteroatoms. The summed E-state index contributed by atoms with van der Waals surface area (Å²) < 4.78 is 20.8. The summed E-state index contributed by atoms with van der Waals surface area (Å²) in [4.78, 5) is 2.41. The molecule has 1 N–H and O–H groups in total. The van der Waals surface area contributed by atoms with Crippen LogP contribution in [-0.4, -0.2) is 31.1 Å². The van der Waals surface area contributed by atoms with E-state index < -0.39 is 0 Å².